The standard InChI is InChI=1S/C9H14O/c1-2-8-3-5-9(7-10)6-4-8/h2,7-9H,1,3-6H2. The predicted octanol–water partition coefficient (Wildman–Crippen LogP) is 2.18. The molecule has 1 nitrogen and oxygen atoms in total. The van der Waals surface area contributed by atoms with Gasteiger partial charge >= 0.3 is 0 Å². The molecule has 1 aliphatic rings. The Hall–Kier alpha value is -0.590. The summed E-state index contributed by atoms with van der Waals surface area (Å²) in [5.74, 6) is 1.02. The molecule has 0 radical (unpaired) electrons. The fourth-order valence-corrected chi connectivity index (χ4v) is 1.52. The van der Waals surface area contributed by atoms with Gasteiger partial charge in [-0.15, -0.1) is 6.58 Å². The van der Waals surface area contributed by atoms with Gasteiger partial charge in [0.2, 0.25) is 0 Å². The van der Waals surface area contributed by atoms with Crippen LogP contribution in [-0.4, -0.2) is 6.29 Å². The third-order valence-electron chi connectivity index (χ3n) is 2.34. The molecular weight excluding hydrogens is 124 g/mol. The quantitative estimate of drug-likeness (QED) is 0.422. The van der Waals surface area contributed by atoms with Gasteiger partial charge in [-0.2, -0.15) is 0 Å². The third-order valence-corrected chi connectivity index (χ3v) is 2.34. The van der Waals surface area contributed by atoms with Gasteiger partial charge in [0.1, 0.15) is 6.29 Å². The van der Waals surface area contributed by atoms with E-state index in [4.69, 9.17) is 0 Å². The van der Waals surface area contributed by atoms with E-state index >= 15 is 0 Å². The van der Waals surface area contributed by atoms with Gasteiger partial charge in [-0.1, -0.05) is 6.08 Å². The van der Waals surface area contributed by atoms with Gasteiger partial charge in [-0.25, -0.2) is 0 Å². The lowest BCUT2D eigenvalue weighted by Gasteiger charge is -2.22. The minimum absolute atomic E-state index is 0.344. The van der Waals surface area contributed by atoms with E-state index in [9.17, 15) is 4.79 Å². The van der Waals surface area contributed by atoms with Crippen LogP contribution in [0.4, 0.5) is 0 Å². The van der Waals surface area contributed by atoms with Crippen molar-refractivity contribution in [2.24, 2.45) is 11.8 Å². The molecule has 1 heteroatoms. The SMILES string of the molecule is C=CC1CCC(C=O)CC1. The van der Waals surface area contributed by atoms with E-state index in [-0.39, 0.29) is 0 Å². The molecule has 56 valence electrons. The molecule has 1 saturated carbocycles. The van der Waals surface area contributed by atoms with E-state index in [0.29, 0.717) is 11.8 Å². The van der Waals surface area contributed by atoms with Gasteiger partial charge in [0.15, 0.2) is 0 Å². The third kappa shape index (κ3) is 1.69. The van der Waals surface area contributed by atoms with Gasteiger partial charge in [-0.05, 0) is 31.6 Å². The maximum atomic E-state index is 10.3. The first kappa shape index (κ1) is 7.52. The lowest BCUT2D eigenvalue weighted by molar-refractivity contribution is -0.112. The number of allylic oxidation sites excluding steroid dienone is 1. The zero-order chi connectivity index (χ0) is 7.40. The summed E-state index contributed by atoms with van der Waals surface area (Å²) in [5.41, 5.74) is 0. The second-order valence-electron chi connectivity index (χ2n) is 3.05. The lowest BCUT2D eigenvalue weighted by atomic mass is 9.83. The fraction of sp³-hybridized carbons (Fsp3) is 0.667. The van der Waals surface area contributed by atoms with Crippen LogP contribution in [0.1, 0.15) is 25.7 Å². The maximum absolute atomic E-state index is 10.3. The van der Waals surface area contributed by atoms with E-state index in [1.807, 2.05) is 6.08 Å². The summed E-state index contributed by atoms with van der Waals surface area (Å²) >= 11 is 0. The van der Waals surface area contributed by atoms with Crippen molar-refractivity contribution in [1.82, 2.24) is 0 Å². The number of carbonyl (C=O) groups is 1. The van der Waals surface area contributed by atoms with Crippen molar-refractivity contribution in [3.05, 3.63) is 12.7 Å². The van der Waals surface area contributed by atoms with Crippen molar-refractivity contribution in [1.29, 1.82) is 0 Å². The predicted molar refractivity (Wildman–Crippen MR) is 41.7 cm³/mol. The molecule has 0 aliphatic heterocycles. The molecular formula is C9H14O. The molecule has 1 rings (SSSR count). The summed E-state index contributed by atoms with van der Waals surface area (Å²) in [6, 6.07) is 0. The van der Waals surface area contributed by atoms with Gasteiger partial charge in [0.25, 0.3) is 0 Å². The molecule has 0 aromatic rings. The van der Waals surface area contributed by atoms with E-state index in [2.05, 4.69) is 6.58 Å². The first-order valence-corrected chi connectivity index (χ1v) is 3.94. The topological polar surface area (TPSA) is 17.1 Å². The average Bonchev–Trinajstić information content (AvgIpc) is 2.05. The van der Waals surface area contributed by atoms with Crippen molar-refractivity contribution in [2.45, 2.75) is 25.7 Å². The Balaban J connectivity index is 2.30. The summed E-state index contributed by atoms with van der Waals surface area (Å²) in [6.07, 6.45) is 7.57. The number of hydrogen-bond acceptors (Lipinski definition) is 1. The molecule has 0 aromatic heterocycles. The van der Waals surface area contributed by atoms with E-state index in [1.54, 1.807) is 0 Å². The second kappa shape index (κ2) is 3.55. The molecule has 0 atom stereocenters. The summed E-state index contributed by atoms with van der Waals surface area (Å²) in [7, 11) is 0. The Bertz CT molecular complexity index is 105. The lowest BCUT2D eigenvalue weighted by Crippen LogP contribution is -2.13. The van der Waals surface area contributed by atoms with Crippen LogP contribution in [0.3, 0.4) is 0 Å². The average molecular weight is 138 g/mol. The zero-order valence-electron chi connectivity index (χ0n) is 6.25. The first-order valence-electron chi connectivity index (χ1n) is 3.94. The van der Waals surface area contributed by atoms with Crippen LogP contribution in [0.15, 0.2) is 12.7 Å². The smallest absolute Gasteiger partial charge is 0.123 e. The molecule has 0 bridgehead atoms. The molecule has 0 unspecified atom stereocenters. The maximum Gasteiger partial charge on any atom is 0.123 e. The minimum atomic E-state index is 0.344. The number of rotatable bonds is 2. The van der Waals surface area contributed by atoms with Gasteiger partial charge in [0, 0.05) is 5.92 Å². The van der Waals surface area contributed by atoms with Crippen molar-refractivity contribution in [2.75, 3.05) is 0 Å². The summed E-state index contributed by atoms with van der Waals surface area (Å²) in [6.45, 7) is 3.75. The summed E-state index contributed by atoms with van der Waals surface area (Å²) in [5, 5.41) is 0. The Morgan fingerprint density at radius 3 is 2.00 bits per heavy atom. The number of carbonyl (C=O) groups excluding carboxylic acids is 1. The molecule has 0 amide bonds. The highest BCUT2D eigenvalue weighted by molar-refractivity contribution is 5.53. The Morgan fingerprint density at radius 2 is 1.60 bits per heavy atom. The number of aldehydes is 1. The van der Waals surface area contributed by atoms with E-state index < -0.39 is 0 Å². The molecule has 0 aromatic carbocycles. The van der Waals surface area contributed by atoms with Crippen LogP contribution >= 0.6 is 0 Å². The molecule has 0 spiro atoms. The van der Waals surface area contributed by atoms with Crippen molar-refractivity contribution >= 4 is 6.29 Å². The summed E-state index contributed by atoms with van der Waals surface area (Å²) in [4.78, 5) is 10.3. The summed E-state index contributed by atoms with van der Waals surface area (Å²) < 4.78 is 0. The first-order chi connectivity index (χ1) is 4.86. The van der Waals surface area contributed by atoms with E-state index in [1.165, 1.54) is 0 Å². The van der Waals surface area contributed by atoms with Crippen molar-refractivity contribution in [3.63, 3.8) is 0 Å². The molecule has 10 heavy (non-hydrogen) atoms. The zero-order valence-corrected chi connectivity index (χ0v) is 6.25. The normalized spacial score (nSPS) is 33.2. The fourth-order valence-electron chi connectivity index (χ4n) is 1.52. The molecule has 0 saturated heterocycles. The monoisotopic (exact) mass is 138 g/mol. The van der Waals surface area contributed by atoms with Crippen LogP contribution in [0, 0.1) is 11.8 Å². The molecule has 1 fully saturated rings. The molecule has 1 aliphatic carbocycles. The Labute approximate surface area is 62.1 Å². The van der Waals surface area contributed by atoms with Crippen LogP contribution in [-0.2, 0) is 4.79 Å². The largest absolute Gasteiger partial charge is 0.303 e. The van der Waals surface area contributed by atoms with Crippen LogP contribution in [0.5, 0.6) is 0 Å². The second-order valence-corrected chi connectivity index (χ2v) is 3.05. The highest BCUT2D eigenvalue weighted by atomic mass is 16.1. The highest BCUT2D eigenvalue weighted by Gasteiger charge is 2.17. The molecule has 0 N–H and O–H groups in total. The van der Waals surface area contributed by atoms with Crippen LogP contribution in [0.25, 0.3) is 0 Å². The van der Waals surface area contributed by atoms with Crippen molar-refractivity contribution < 1.29 is 4.79 Å². The van der Waals surface area contributed by atoms with E-state index in [0.717, 1.165) is 32.0 Å². The number of hydrogen-bond donors (Lipinski definition) is 0. The van der Waals surface area contributed by atoms with Crippen LogP contribution in [0.2, 0.25) is 0 Å². The Morgan fingerprint density at radius 1 is 1.10 bits per heavy atom. The van der Waals surface area contributed by atoms with Gasteiger partial charge < -0.3 is 4.79 Å². The molecule has 0 heterocycles. The highest BCUT2D eigenvalue weighted by Crippen LogP contribution is 2.27. The minimum Gasteiger partial charge on any atom is -0.303 e. The van der Waals surface area contributed by atoms with Crippen LogP contribution < -0.4 is 0 Å². The Kier molecular flexibility index (Phi) is 2.67. The van der Waals surface area contributed by atoms with Gasteiger partial charge in [-0.3, -0.25) is 0 Å². The van der Waals surface area contributed by atoms with Crippen molar-refractivity contribution in [3.8, 4) is 0 Å². The van der Waals surface area contributed by atoms with Gasteiger partial charge in [0.05, 0.1) is 0 Å².